The largest absolute Gasteiger partial charge is 0.497 e. The van der Waals surface area contributed by atoms with Crippen LogP contribution in [0.1, 0.15) is 11.6 Å². The maximum Gasteiger partial charge on any atom is 0.325 e. The maximum absolute atomic E-state index is 14.2. The molecule has 1 atom stereocenters. The molecular formula is C17H19FN4O3. The highest BCUT2D eigenvalue weighted by Crippen LogP contribution is 2.28. The fraction of sp³-hybridized carbons (Fsp3) is 0.353. The Morgan fingerprint density at radius 2 is 1.92 bits per heavy atom. The average molecular weight is 346 g/mol. The lowest BCUT2D eigenvalue weighted by Crippen LogP contribution is -2.49. The van der Waals surface area contributed by atoms with E-state index in [-0.39, 0.29) is 5.56 Å². The molecule has 1 saturated heterocycles. The predicted molar refractivity (Wildman–Crippen MR) is 89.1 cm³/mol. The standard InChI is InChI=1S/C17H19FN4O3/c1-25-12-3-4-14(18)13(11-12)15(16(23)24)21-7-9-22(10-8-21)17-19-5-2-6-20-17/h2-6,11,15H,7-10H2,1H3,(H,23,24)/t15-/m0/s1. The third-order valence-corrected chi connectivity index (χ3v) is 4.25. The third kappa shape index (κ3) is 3.69. The van der Waals surface area contributed by atoms with E-state index in [0.717, 1.165) is 0 Å². The summed E-state index contributed by atoms with van der Waals surface area (Å²) in [6, 6.07) is 4.83. The Morgan fingerprint density at radius 1 is 1.24 bits per heavy atom. The molecule has 1 aromatic carbocycles. The number of halogens is 1. The van der Waals surface area contributed by atoms with Crippen LogP contribution in [0.5, 0.6) is 5.75 Å². The summed E-state index contributed by atoms with van der Waals surface area (Å²) >= 11 is 0. The number of anilines is 1. The van der Waals surface area contributed by atoms with Crippen LogP contribution in [-0.4, -0.2) is 59.2 Å². The van der Waals surface area contributed by atoms with Gasteiger partial charge in [0.25, 0.3) is 0 Å². The van der Waals surface area contributed by atoms with E-state index in [4.69, 9.17) is 4.74 Å². The summed E-state index contributed by atoms with van der Waals surface area (Å²) in [5.41, 5.74) is 0.108. The molecule has 2 heterocycles. The first-order valence-corrected chi connectivity index (χ1v) is 7.92. The quantitative estimate of drug-likeness (QED) is 0.880. The van der Waals surface area contributed by atoms with Gasteiger partial charge in [-0.3, -0.25) is 9.69 Å². The highest BCUT2D eigenvalue weighted by molar-refractivity contribution is 5.76. The van der Waals surface area contributed by atoms with Crippen molar-refractivity contribution >= 4 is 11.9 Å². The van der Waals surface area contributed by atoms with Crippen LogP contribution in [0, 0.1) is 5.82 Å². The number of aliphatic carboxylic acids is 1. The molecule has 0 unspecified atom stereocenters. The Kier molecular flexibility index (Phi) is 5.08. The van der Waals surface area contributed by atoms with Crippen LogP contribution in [0.25, 0.3) is 0 Å². The second-order valence-electron chi connectivity index (χ2n) is 5.70. The van der Waals surface area contributed by atoms with E-state index in [0.29, 0.717) is 37.9 Å². The van der Waals surface area contributed by atoms with E-state index in [1.165, 1.54) is 25.3 Å². The molecule has 1 fully saturated rings. The van der Waals surface area contributed by atoms with Crippen LogP contribution in [0.15, 0.2) is 36.7 Å². The van der Waals surface area contributed by atoms with E-state index < -0.39 is 17.8 Å². The van der Waals surface area contributed by atoms with Crippen LogP contribution in [0.4, 0.5) is 10.3 Å². The van der Waals surface area contributed by atoms with Gasteiger partial charge >= 0.3 is 5.97 Å². The molecule has 2 aromatic rings. The van der Waals surface area contributed by atoms with Crippen molar-refractivity contribution in [3.8, 4) is 5.75 Å². The van der Waals surface area contributed by atoms with Gasteiger partial charge in [-0.15, -0.1) is 0 Å². The van der Waals surface area contributed by atoms with Gasteiger partial charge in [0.15, 0.2) is 0 Å². The summed E-state index contributed by atoms with van der Waals surface area (Å²) in [6.45, 7) is 2.07. The van der Waals surface area contributed by atoms with Gasteiger partial charge < -0.3 is 14.7 Å². The van der Waals surface area contributed by atoms with Gasteiger partial charge in [-0.05, 0) is 24.3 Å². The van der Waals surface area contributed by atoms with Crippen molar-refractivity contribution in [2.75, 3.05) is 38.2 Å². The molecule has 0 amide bonds. The number of methoxy groups -OCH3 is 1. The second-order valence-corrected chi connectivity index (χ2v) is 5.70. The number of benzene rings is 1. The zero-order valence-electron chi connectivity index (χ0n) is 13.8. The Hall–Kier alpha value is -2.74. The molecule has 25 heavy (non-hydrogen) atoms. The van der Waals surface area contributed by atoms with Gasteiger partial charge in [0.2, 0.25) is 5.95 Å². The first-order chi connectivity index (χ1) is 12.1. The van der Waals surface area contributed by atoms with Crippen LogP contribution >= 0.6 is 0 Å². The zero-order valence-corrected chi connectivity index (χ0v) is 13.8. The van der Waals surface area contributed by atoms with Crippen LogP contribution in [0.2, 0.25) is 0 Å². The van der Waals surface area contributed by atoms with Crippen molar-refractivity contribution in [2.24, 2.45) is 0 Å². The van der Waals surface area contributed by atoms with E-state index in [1.54, 1.807) is 23.4 Å². The lowest BCUT2D eigenvalue weighted by molar-refractivity contribution is -0.143. The molecule has 1 aliphatic heterocycles. The number of carbonyl (C=O) groups is 1. The number of hydrogen-bond donors (Lipinski definition) is 1. The summed E-state index contributed by atoms with van der Waals surface area (Å²) in [4.78, 5) is 24.0. The molecular weight excluding hydrogens is 327 g/mol. The van der Waals surface area contributed by atoms with E-state index in [9.17, 15) is 14.3 Å². The number of carboxylic acid groups (broad SMARTS) is 1. The number of nitrogens with zero attached hydrogens (tertiary/aromatic N) is 4. The molecule has 1 N–H and O–H groups in total. The van der Waals surface area contributed by atoms with Gasteiger partial charge in [-0.1, -0.05) is 0 Å². The predicted octanol–water partition coefficient (Wildman–Crippen LogP) is 1.57. The number of carboxylic acids is 1. The average Bonchev–Trinajstić information content (AvgIpc) is 2.64. The van der Waals surface area contributed by atoms with Crippen molar-refractivity contribution in [3.63, 3.8) is 0 Å². The number of ether oxygens (including phenoxy) is 1. The minimum absolute atomic E-state index is 0.108. The summed E-state index contributed by atoms with van der Waals surface area (Å²) in [7, 11) is 1.46. The van der Waals surface area contributed by atoms with Crippen molar-refractivity contribution in [1.82, 2.24) is 14.9 Å². The van der Waals surface area contributed by atoms with Gasteiger partial charge in [0.1, 0.15) is 17.6 Å². The maximum atomic E-state index is 14.2. The Morgan fingerprint density at radius 3 is 2.52 bits per heavy atom. The van der Waals surface area contributed by atoms with Crippen molar-refractivity contribution in [3.05, 3.63) is 48.0 Å². The van der Waals surface area contributed by atoms with E-state index in [2.05, 4.69) is 9.97 Å². The topological polar surface area (TPSA) is 78.8 Å². The SMILES string of the molecule is COc1ccc(F)c([C@@H](C(=O)O)N2CCN(c3ncccn3)CC2)c1. The fourth-order valence-corrected chi connectivity index (χ4v) is 2.98. The number of hydrogen-bond acceptors (Lipinski definition) is 6. The fourth-order valence-electron chi connectivity index (χ4n) is 2.98. The van der Waals surface area contributed by atoms with E-state index >= 15 is 0 Å². The lowest BCUT2D eigenvalue weighted by Gasteiger charge is -2.37. The Bertz CT molecular complexity index is 736. The zero-order chi connectivity index (χ0) is 17.8. The second kappa shape index (κ2) is 7.43. The first kappa shape index (κ1) is 17.1. The molecule has 1 aliphatic rings. The van der Waals surface area contributed by atoms with Crippen LogP contribution < -0.4 is 9.64 Å². The molecule has 0 saturated carbocycles. The number of aromatic nitrogens is 2. The number of rotatable bonds is 5. The van der Waals surface area contributed by atoms with Crippen LogP contribution in [0.3, 0.4) is 0 Å². The molecule has 7 nitrogen and oxygen atoms in total. The summed E-state index contributed by atoms with van der Waals surface area (Å²) in [5, 5.41) is 9.66. The molecule has 1 aromatic heterocycles. The van der Waals surface area contributed by atoms with Crippen molar-refractivity contribution in [2.45, 2.75) is 6.04 Å². The monoisotopic (exact) mass is 346 g/mol. The van der Waals surface area contributed by atoms with Gasteiger partial charge in [-0.25, -0.2) is 14.4 Å². The first-order valence-electron chi connectivity index (χ1n) is 7.92. The normalized spacial score (nSPS) is 16.5. The lowest BCUT2D eigenvalue weighted by atomic mass is 10.0. The van der Waals surface area contributed by atoms with Gasteiger partial charge in [0.05, 0.1) is 7.11 Å². The third-order valence-electron chi connectivity index (χ3n) is 4.25. The highest BCUT2D eigenvalue weighted by atomic mass is 19.1. The summed E-state index contributed by atoms with van der Waals surface area (Å²) < 4.78 is 19.3. The summed E-state index contributed by atoms with van der Waals surface area (Å²) in [6.07, 6.45) is 3.33. The minimum Gasteiger partial charge on any atom is -0.497 e. The molecule has 0 spiro atoms. The van der Waals surface area contributed by atoms with Crippen molar-refractivity contribution < 1.29 is 19.0 Å². The number of piperazine rings is 1. The molecule has 0 radical (unpaired) electrons. The smallest absolute Gasteiger partial charge is 0.325 e. The van der Waals surface area contributed by atoms with Gasteiger partial charge in [0, 0.05) is 44.1 Å². The molecule has 8 heteroatoms. The molecule has 0 bridgehead atoms. The molecule has 132 valence electrons. The Labute approximate surface area is 144 Å². The van der Waals surface area contributed by atoms with Gasteiger partial charge in [-0.2, -0.15) is 0 Å². The van der Waals surface area contributed by atoms with E-state index in [1.807, 2.05) is 4.90 Å². The van der Waals surface area contributed by atoms with Crippen LogP contribution in [-0.2, 0) is 4.79 Å². The minimum atomic E-state index is -1.09. The Balaban J connectivity index is 1.78. The summed E-state index contributed by atoms with van der Waals surface area (Å²) in [5.74, 6) is -0.598. The highest BCUT2D eigenvalue weighted by Gasteiger charge is 2.33. The van der Waals surface area contributed by atoms with Crippen molar-refractivity contribution in [1.29, 1.82) is 0 Å². The molecule has 3 rings (SSSR count). The molecule has 0 aliphatic carbocycles.